The summed E-state index contributed by atoms with van der Waals surface area (Å²) in [5.74, 6) is 0.744. The van der Waals surface area contributed by atoms with Crippen molar-refractivity contribution in [2.75, 3.05) is 31.5 Å². The van der Waals surface area contributed by atoms with Crippen molar-refractivity contribution >= 4 is 17.5 Å². The van der Waals surface area contributed by atoms with Crippen LogP contribution >= 0.6 is 0 Å². The zero-order chi connectivity index (χ0) is 19.1. The van der Waals surface area contributed by atoms with Crippen molar-refractivity contribution < 1.29 is 9.59 Å². The average molecular weight is 372 g/mol. The van der Waals surface area contributed by atoms with Crippen molar-refractivity contribution in [3.8, 4) is 0 Å². The normalized spacial score (nSPS) is 19.5. The number of carbonyl (C=O) groups excluding carboxylic acids is 2. The van der Waals surface area contributed by atoms with Crippen molar-refractivity contribution in [2.45, 2.75) is 58.3 Å². The number of carbonyl (C=O) groups is 2. The fourth-order valence-electron chi connectivity index (χ4n) is 4.23. The van der Waals surface area contributed by atoms with Gasteiger partial charge in [-0.2, -0.15) is 0 Å². The molecule has 3 rings (SSSR count). The lowest BCUT2D eigenvalue weighted by molar-refractivity contribution is -0.121. The van der Waals surface area contributed by atoms with E-state index in [4.69, 9.17) is 0 Å². The second-order valence-electron chi connectivity index (χ2n) is 8.00. The zero-order valence-corrected chi connectivity index (χ0v) is 16.6. The molecule has 1 saturated heterocycles. The Morgan fingerprint density at radius 3 is 2.81 bits per heavy atom. The van der Waals surface area contributed by atoms with Crippen LogP contribution in [0.2, 0.25) is 0 Å². The molecule has 5 nitrogen and oxygen atoms in total. The van der Waals surface area contributed by atoms with Crippen LogP contribution in [0, 0.1) is 5.92 Å². The van der Waals surface area contributed by atoms with E-state index in [1.165, 1.54) is 24.0 Å². The van der Waals surface area contributed by atoms with E-state index in [0.717, 1.165) is 57.5 Å². The molecular weight excluding hydrogens is 338 g/mol. The summed E-state index contributed by atoms with van der Waals surface area (Å²) >= 11 is 0. The Bertz CT molecular complexity index is 659. The van der Waals surface area contributed by atoms with Crippen molar-refractivity contribution in [3.63, 3.8) is 0 Å². The van der Waals surface area contributed by atoms with Crippen LogP contribution in [-0.4, -0.2) is 42.9 Å². The van der Waals surface area contributed by atoms with Crippen molar-refractivity contribution in [1.29, 1.82) is 0 Å². The van der Waals surface area contributed by atoms with E-state index in [-0.39, 0.29) is 11.8 Å². The number of rotatable bonds is 8. The molecule has 1 aromatic rings. The quantitative estimate of drug-likeness (QED) is 0.738. The molecule has 1 fully saturated rings. The summed E-state index contributed by atoms with van der Waals surface area (Å²) in [7, 11) is 0. The minimum absolute atomic E-state index is 0.0892. The molecule has 1 unspecified atom stereocenters. The molecule has 0 aromatic heterocycles. The topological polar surface area (TPSA) is 61.4 Å². The number of amides is 2. The van der Waals surface area contributed by atoms with E-state index in [2.05, 4.69) is 27.7 Å². The number of aryl methyl sites for hydroxylation is 2. The molecule has 1 atom stereocenters. The molecule has 1 aliphatic carbocycles. The Labute approximate surface area is 162 Å². The van der Waals surface area contributed by atoms with E-state index < -0.39 is 0 Å². The van der Waals surface area contributed by atoms with E-state index in [1.54, 1.807) is 0 Å². The molecule has 148 valence electrons. The third-order valence-electron chi connectivity index (χ3n) is 5.71. The number of nitrogens with one attached hydrogen (secondary N) is 2. The van der Waals surface area contributed by atoms with Gasteiger partial charge in [0.05, 0.1) is 0 Å². The first-order chi connectivity index (χ1) is 13.1. The van der Waals surface area contributed by atoms with Crippen molar-refractivity contribution in [2.24, 2.45) is 5.92 Å². The molecule has 1 heterocycles. The van der Waals surface area contributed by atoms with Crippen LogP contribution in [0.15, 0.2) is 18.2 Å². The van der Waals surface area contributed by atoms with Gasteiger partial charge in [-0.05, 0) is 74.2 Å². The third-order valence-corrected chi connectivity index (χ3v) is 5.71. The Hall–Kier alpha value is -1.88. The standard InChI is InChI=1S/C22H33N3O2/c1-2-5-21(26)23-15-17-6-4-12-25(16-17)13-11-22(27)24-20-10-9-18-7-3-8-19(18)14-20/h9-10,14,17H,2-8,11-13,15-16H2,1H3,(H,23,26)(H,24,27). The summed E-state index contributed by atoms with van der Waals surface area (Å²) in [6.07, 6.45) is 7.83. The van der Waals surface area contributed by atoms with Crippen LogP contribution < -0.4 is 10.6 Å². The fourth-order valence-corrected chi connectivity index (χ4v) is 4.23. The zero-order valence-electron chi connectivity index (χ0n) is 16.6. The van der Waals surface area contributed by atoms with Gasteiger partial charge in [0.25, 0.3) is 0 Å². The molecule has 5 heteroatoms. The predicted molar refractivity (Wildman–Crippen MR) is 109 cm³/mol. The molecule has 0 radical (unpaired) electrons. The van der Waals surface area contributed by atoms with Gasteiger partial charge in [0, 0.05) is 38.2 Å². The largest absolute Gasteiger partial charge is 0.356 e. The summed E-state index contributed by atoms with van der Waals surface area (Å²) in [5, 5.41) is 6.10. The highest BCUT2D eigenvalue weighted by atomic mass is 16.2. The smallest absolute Gasteiger partial charge is 0.225 e. The van der Waals surface area contributed by atoms with E-state index in [1.807, 2.05) is 13.0 Å². The SMILES string of the molecule is CCCC(=O)NCC1CCCN(CCC(=O)Nc2ccc3c(c2)CCC3)C1. The van der Waals surface area contributed by atoms with Crippen LogP contribution in [-0.2, 0) is 22.4 Å². The molecule has 2 amide bonds. The first-order valence-electron chi connectivity index (χ1n) is 10.5. The summed E-state index contributed by atoms with van der Waals surface area (Å²) in [5.41, 5.74) is 3.74. The molecule has 0 saturated carbocycles. The van der Waals surface area contributed by atoms with Gasteiger partial charge >= 0.3 is 0 Å². The predicted octanol–water partition coefficient (Wildman–Crippen LogP) is 3.13. The maximum atomic E-state index is 12.3. The monoisotopic (exact) mass is 371 g/mol. The Balaban J connectivity index is 1.38. The number of benzene rings is 1. The van der Waals surface area contributed by atoms with Crippen molar-refractivity contribution in [1.82, 2.24) is 10.2 Å². The minimum Gasteiger partial charge on any atom is -0.356 e. The second kappa shape index (κ2) is 9.88. The van der Waals surface area contributed by atoms with Gasteiger partial charge in [-0.25, -0.2) is 0 Å². The Morgan fingerprint density at radius 2 is 1.96 bits per heavy atom. The lowest BCUT2D eigenvalue weighted by Gasteiger charge is -2.32. The molecule has 0 spiro atoms. The lowest BCUT2D eigenvalue weighted by atomic mass is 9.97. The molecule has 2 aliphatic rings. The highest BCUT2D eigenvalue weighted by molar-refractivity contribution is 5.91. The second-order valence-corrected chi connectivity index (χ2v) is 8.00. The molecule has 1 aliphatic heterocycles. The molecule has 2 N–H and O–H groups in total. The van der Waals surface area contributed by atoms with Gasteiger partial charge in [0.1, 0.15) is 0 Å². The summed E-state index contributed by atoms with van der Waals surface area (Å²) < 4.78 is 0. The van der Waals surface area contributed by atoms with Crippen LogP contribution in [0.5, 0.6) is 0 Å². The summed E-state index contributed by atoms with van der Waals surface area (Å²) in [6, 6.07) is 6.31. The highest BCUT2D eigenvalue weighted by Crippen LogP contribution is 2.25. The number of likely N-dealkylation sites (tertiary alicyclic amines) is 1. The van der Waals surface area contributed by atoms with Crippen LogP contribution in [0.1, 0.15) is 56.6 Å². The Kier molecular flexibility index (Phi) is 7.27. The average Bonchev–Trinajstić information content (AvgIpc) is 3.13. The van der Waals surface area contributed by atoms with E-state index in [0.29, 0.717) is 18.8 Å². The maximum absolute atomic E-state index is 12.3. The molecule has 27 heavy (non-hydrogen) atoms. The number of fused-ring (bicyclic) bond motifs is 1. The molecule has 1 aromatic carbocycles. The molecular formula is C22H33N3O2. The maximum Gasteiger partial charge on any atom is 0.225 e. The van der Waals surface area contributed by atoms with Gasteiger partial charge in [-0.15, -0.1) is 0 Å². The fraction of sp³-hybridized carbons (Fsp3) is 0.636. The number of anilines is 1. The minimum atomic E-state index is 0.0892. The number of hydrogen-bond donors (Lipinski definition) is 2. The molecule has 0 bridgehead atoms. The van der Waals surface area contributed by atoms with Gasteiger partial charge in [-0.1, -0.05) is 13.0 Å². The summed E-state index contributed by atoms with van der Waals surface area (Å²) in [4.78, 5) is 26.3. The summed E-state index contributed by atoms with van der Waals surface area (Å²) in [6.45, 7) is 5.59. The van der Waals surface area contributed by atoms with E-state index in [9.17, 15) is 9.59 Å². The van der Waals surface area contributed by atoms with Crippen LogP contribution in [0.3, 0.4) is 0 Å². The van der Waals surface area contributed by atoms with Gasteiger partial charge in [-0.3, -0.25) is 9.59 Å². The van der Waals surface area contributed by atoms with Gasteiger partial charge < -0.3 is 15.5 Å². The Morgan fingerprint density at radius 1 is 1.11 bits per heavy atom. The first kappa shape index (κ1) is 19.9. The van der Waals surface area contributed by atoms with Gasteiger partial charge in [0.15, 0.2) is 0 Å². The van der Waals surface area contributed by atoms with Crippen LogP contribution in [0.25, 0.3) is 0 Å². The lowest BCUT2D eigenvalue weighted by Crippen LogP contribution is -2.41. The number of nitrogens with zero attached hydrogens (tertiary/aromatic N) is 1. The van der Waals surface area contributed by atoms with Gasteiger partial charge in [0.2, 0.25) is 11.8 Å². The number of hydrogen-bond acceptors (Lipinski definition) is 3. The van der Waals surface area contributed by atoms with Crippen LogP contribution in [0.4, 0.5) is 5.69 Å². The first-order valence-corrected chi connectivity index (χ1v) is 10.5. The van der Waals surface area contributed by atoms with E-state index >= 15 is 0 Å². The third kappa shape index (κ3) is 6.06. The van der Waals surface area contributed by atoms with Crippen molar-refractivity contribution in [3.05, 3.63) is 29.3 Å². The highest BCUT2D eigenvalue weighted by Gasteiger charge is 2.21. The number of piperidine rings is 1.